The molecule has 1 aliphatic rings. The van der Waals surface area contributed by atoms with Crippen molar-refractivity contribution in [1.29, 1.82) is 0 Å². The number of aryl methyl sites for hydroxylation is 1. The Morgan fingerprint density at radius 3 is 3.08 bits per heavy atom. The first kappa shape index (κ1) is 17.8. The molecule has 2 aromatic rings. The topological polar surface area (TPSA) is 90.1 Å². The second-order valence-corrected chi connectivity index (χ2v) is 6.46. The normalized spacial score (nSPS) is 16.5. The molecule has 1 saturated heterocycles. The van der Waals surface area contributed by atoms with E-state index in [2.05, 4.69) is 32.6 Å². The first-order valence-corrected chi connectivity index (χ1v) is 8.79. The Bertz CT molecular complexity index is 851. The van der Waals surface area contributed by atoms with Crippen molar-refractivity contribution in [3.63, 3.8) is 0 Å². The zero-order valence-electron chi connectivity index (χ0n) is 14.8. The highest BCUT2D eigenvalue weighted by molar-refractivity contribution is 5.79. The van der Waals surface area contributed by atoms with Gasteiger partial charge in [0.25, 0.3) is 0 Å². The number of hydrogen-bond donors (Lipinski definition) is 3. The summed E-state index contributed by atoms with van der Waals surface area (Å²) in [5.74, 6) is 2.98. The molecule has 0 unspecified atom stereocenters. The second-order valence-electron chi connectivity index (χ2n) is 6.46. The van der Waals surface area contributed by atoms with Crippen LogP contribution in [0.3, 0.4) is 0 Å². The van der Waals surface area contributed by atoms with Crippen molar-refractivity contribution < 1.29 is 9.59 Å². The number of amides is 3. The van der Waals surface area contributed by atoms with Gasteiger partial charge in [-0.3, -0.25) is 4.79 Å². The number of aromatic nitrogens is 2. The number of urea groups is 1. The summed E-state index contributed by atoms with van der Waals surface area (Å²) in [5.41, 5.74) is 3.05. The van der Waals surface area contributed by atoms with Crippen molar-refractivity contribution in [3.05, 3.63) is 29.6 Å². The number of benzene rings is 1. The molecular formula is C19H23N5O2. The number of nitrogens with zero attached hydrogens (tertiary/aromatic N) is 2. The molecule has 1 aromatic carbocycles. The van der Waals surface area contributed by atoms with Gasteiger partial charge in [-0.25, -0.2) is 9.78 Å². The van der Waals surface area contributed by atoms with E-state index >= 15 is 0 Å². The summed E-state index contributed by atoms with van der Waals surface area (Å²) in [6.07, 6.45) is 7.09. The third-order valence-corrected chi connectivity index (χ3v) is 4.50. The molecule has 0 spiro atoms. The highest BCUT2D eigenvalue weighted by atomic mass is 16.2. The number of nitrogens with one attached hydrogen (secondary N) is 3. The van der Waals surface area contributed by atoms with Crippen LogP contribution in [0.4, 0.5) is 4.79 Å². The molecule has 7 heteroatoms. The van der Waals surface area contributed by atoms with E-state index in [1.807, 2.05) is 19.1 Å². The van der Waals surface area contributed by atoms with Gasteiger partial charge in [0.2, 0.25) is 5.91 Å². The van der Waals surface area contributed by atoms with Gasteiger partial charge in [-0.2, -0.15) is 0 Å². The van der Waals surface area contributed by atoms with Crippen molar-refractivity contribution in [2.24, 2.45) is 0 Å². The van der Waals surface area contributed by atoms with Gasteiger partial charge in [-0.1, -0.05) is 12.0 Å². The Kier molecular flexibility index (Phi) is 5.42. The van der Waals surface area contributed by atoms with Gasteiger partial charge in [0.05, 0.1) is 23.6 Å². The molecule has 1 aliphatic heterocycles. The van der Waals surface area contributed by atoms with Crippen LogP contribution in [0, 0.1) is 19.3 Å². The van der Waals surface area contributed by atoms with Crippen molar-refractivity contribution >= 4 is 23.0 Å². The third-order valence-electron chi connectivity index (χ3n) is 4.50. The molecule has 2 heterocycles. The number of hydrogen-bond acceptors (Lipinski definition) is 3. The molecule has 0 saturated carbocycles. The quantitative estimate of drug-likeness (QED) is 0.717. The van der Waals surface area contributed by atoms with Gasteiger partial charge in [-0.05, 0) is 37.5 Å². The molecule has 0 radical (unpaired) electrons. The average molecular weight is 353 g/mol. The van der Waals surface area contributed by atoms with Crippen molar-refractivity contribution in [3.8, 4) is 12.3 Å². The Labute approximate surface area is 152 Å². The number of carbonyl (C=O) groups is 2. The van der Waals surface area contributed by atoms with Crippen molar-refractivity contribution in [1.82, 2.24) is 25.5 Å². The maximum absolute atomic E-state index is 12.5. The molecule has 0 bridgehead atoms. The number of aromatic amines is 1. The lowest BCUT2D eigenvalue weighted by atomic mass is 10.2. The summed E-state index contributed by atoms with van der Waals surface area (Å²) in [4.78, 5) is 33.8. The zero-order chi connectivity index (χ0) is 18.5. The fourth-order valence-electron chi connectivity index (χ4n) is 3.22. The van der Waals surface area contributed by atoms with Gasteiger partial charge >= 0.3 is 6.03 Å². The number of H-pyrrole nitrogens is 1. The molecule has 3 amide bonds. The molecule has 0 aliphatic carbocycles. The maximum atomic E-state index is 12.5. The first-order valence-electron chi connectivity index (χ1n) is 8.79. The lowest BCUT2D eigenvalue weighted by Gasteiger charge is -2.23. The highest BCUT2D eigenvalue weighted by Crippen LogP contribution is 2.31. The summed E-state index contributed by atoms with van der Waals surface area (Å²) in [7, 11) is 0. The van der Waals surface area contributed by atoms with Gasteiger partial charge < -0.3 is 20.5 Å². The Hall–Kier alpha value is -3.01. The number of likely N-dealkylation sites (tertiary alicyclic amines) is 1. The van der Waals surface area contributed by atoms with Crippen LogP contribution in [0.1, 0.15) is 36.7 Å². The van der Waals surface area contributed by atoms with Crippen LogP contribution in [0.5, 0.6) is 0 Å². The second kappa shape index (κ2) is 7.91. The molecule has 1 aromatic heterocycles. The zero-order valence-corrected chi connectivity index (χ0v) is 14.8. The number of fused-ring (bicyclic) bond motifs is 1. The van der Waals surface area contributed by atoms with Gasteiger partial charge in [0.15, 0.2) is 0 Å². The number of imidazole rings is 1. The van der Waals surface area contributed by atoms with E-state index < -0.39 is 0 Å². The molecule has 3 N–H and O–H groups in total. The summed E-state index contributed by atoms with van der Waals surface area (Å²) in [5, 5.41) is 5.38. The third kappa shape index (κ3) is 3.97. The number of terminal acetylenes is 1. The first-order chi connectivity index (χ1) is 12.6. The lowest BCUT2D eigenvalue weighted by molar-refractivity contribution is -0.120. The fourth-order valence-corrected chi connectivity index (χ4v) is 3.22. The van der Waals surface area contributed by atoms with Gasteiger partial charge in [0.1, 0.15) is 5.82 Å². The number of carbonyl (C=O) groups excluding carboxylic acids is 2. The van der Waals surface area contributed by atoms with Crippen LogP contribution < -0.4 is 10.6 Å². The smallest absolute Gasteiger partial charge is 0.318 e. The minimum Gasteiger partial charge on any atom is -0.345 e. The van der Waals surface area contributed by atoms with Crippen LogP contribution in [-0.4, -0.2) is 46.4 Å². The Morgan fingerprint density at radius 2 is 2.27 bits per heavy atom. The summed E-state index contributed by atoms with van der Waals surface area (Å²) >= 11 is 0. The predicted molar refractivity (Wildman–Crippen MR) is 99.4 cm³/mol. The number of rotatable bonds is 5. The van der Waals surface area contributed by atoms with Crippen LogP contribution >= 0.6 is 0 Å². The van der Waals surface area contributed by atoms with E-state index in [1.54, 1.807) is 4.90 Å². The van der Waals surface area contributed by atoms with E-state index in [1.165, 1.54) is 0 Å². The summed E-state index contributed by atoms with van der Waals surface area (Å²) < 4.78 is 0. The standard InChI is InChI=1S/C19H23N5O2/c1-3-9-20-17(25)8-10-21-19(26)24-11-4-5-16(24)18-22-14-7-6-13(2)12-15(14)23-18/h1,6-7,12,16H,4-5,8-11H2,2H3,(H,20,25)(H,21,26)(H,22,23)/t16-/m0/s1. The molecule has 1 atom stereocenters. The largest absolute Gasteiger partial charge is 0.345 e. The molecule has 136 valence electrons. The minimum atomic E-state index is -0.172. The SMILES string of the molecule is C#CCNC(=O)CCNC(=O)N1CCC[C@H]1c1nc2ccc(C)cc2[nH]1. The van der Waals surface area contributed by atoms with E-state index in [-0.39, 0.29) is 37.5 Å². The molecule has 7 nitrogen and oxygen atoms in total. The molecule has 1 fully saturated rings. The average Bonchev–Trinajstić information content (AvgIpc) is 3.25. The highest BCUT2D eigenvalue weighted by Gasteiger charge is 2.32. The lowest BCUT2D eigenvalue weighted by Crippen LogP contribution is -2.41. The Morgan fingerprint density at radius 1 is 1.42 bits per heavy atom. The maximum Gasteiger partial charge on any atom is 0.318 e. The molecule has 26 heavy (non-hydrogen) atoms. The monoisotopic (exact) mass is 353 g/mol. The van der Waals surface area contributed by atoms with Crippen molar-refractivity contribution in [2.75, 3.05) is 19.6 Å². The van der Waals surface area contributed by atoms with E-state index in [9.17, 15) is 9.59 Å². The molecular weight excluding hydrogens is 330 g/mol. The minimum absolute atomic E-state index is 0.0713. The molecule has 3 rings (SSSR count). The van der Waals surface area contributed by atoms with Gasteiger partial charge in [0, 0.05) is 19.5 Å². The van der Waals surface area contributed by atoms with E-state index in [0.29, 0.717) is 6.54 Å². The van der Waals surface area contributed by atoms with E-state index in [4.69, 9.17) is 6.42 Å². The Balaban J connectivity index is 1.61. The van der Waals surface area contributed by atoms with E-state index in [0.717, 1.165) is 35.3 Å². The predicted octanol–water partition coefficient (Wildman–Crippen LogP) is 1.86. The fraction of sp³-hybridized carbons (Fsp3) is 0.421. The van der Waals surface area contributed by atoms with Gasteiger partial charge in [-0.15, -0.1) is 6.42 Å². The van der Waals surface area contributed by atoms with Crippen LogP contribution in [-0.2, 0) is 4.79 Å². The van der Waals surface area contributed by atoms with Crippen LogP contribution in [0.15, 0.2) is 18.2 Å². The van der Waals surface area contributed by atoms with Crippen molar-refractivity contribution in [2.45, 2.75) is 32.2 Å². The summed E-state index contributed by atoms with van der Waals surface area (Å²) in [6.45, 7) is 3.19. The van der Waals surface area contributed by atoms with Crippen LogP contribution in [0.2, 0.25) is 0 Å². The summed E-state index contributed by atoms with van der Waals surface area (Å²) in [6, 6.07) is 5.82. The van der Waals surface area contributed by atoms with Crippen LogP contribution in [0.25, 0.3) is 11.0 Å².